The number of likely N-dealkylation sites (tertiary alicyclic amines) is 1. The summed E-state index contributed by atoms with van der Waals surface area (Å²) in [6, 6.07) is 13.2. The number of sulfonamides is 1. The maximum absolute atomic E-state index is 12.8. The van der Waals surface area contributed by atoms with Crippen molar-refractivity contribution in [2.45, 2.75) is 23.2 Å². The van der Waals surface area contributed by atoms with Crippen molar-refractivity contribution in [2.75, 3.05) is 6.54 Å². The highest BCUT2D eigenvalue weighted by Crippen LogP contribution is 2.36. The lowest BCUT2D eigenvalue weighted by Gasteiger charge is -2.17. The average molecular weight is 495 g/mol. The van der Waals surface area contributed by atoms with Gasteiger partial charge in [0.15, 0.2) is 0 Å². The van der Waals surface area contributed by atoms with E-state index in [1.807, 2.05) is 12.1 Å². The molecule has 2 aromatic heterocycles. The molecule has 162 valence electrons. The van der Waals surface area contributed by atoms with Gasteiger partial charge in [0, 0.05) is 28.4 Å². The highest BCUT2D eigenvalue weighted by atomic mass is 35.5. The maximum atomic E-state index is 12.8. The van der Waals surface area contributed by atoms with Crippen molar-refractivity contribution in [2.24, 2.45) is 5.73 Å². The Hall–Kier alpha value is -2.24. The Kier molecular flexibility index (Phi) is 6.18. The zero-order valence-electron chi connectivity index (χ0n) is 16.2. The average Bonchev–Trinajstić information content (AvgIpc) is 3.45. The van der Waals surface area contributed by atoms with Gasteiger partial charge in [0.2, 0.25) is 5.91 Å². The molecular formula is C20H19ClN4O3S3. The number of nitrogens with two attached hydrogens (primary N) is 1. The number of thiophene rings is 2. The van der Waals surface area contributed by atoms with E-state index in [0.29, 0.717) is 29.4 Å². The molecule has 1 aliphatic rings. The van der Waals surface area contributed by atoms with Crippen LogP contribution in [0.25, 0.3) is 9.75 Å². The molecule has 3 aromatic rings. The van der Waals surface area contributed by atoms with Crippen LogP contribution >= 0.6 is 34.3 Å². The Morgan fingerprint density at radius 1 is 1.19 bits per heavy atom. The van der Waals surface area contributed by atoms with Gasteiger partial charge in [-0.05, 0) is 42.3 Å². The van der Waals surface area contributed by atoms with Crippen molar-refractivity contribution < 1.29 is 13.2 Å². The molecule has 31 heavy (non-hydrogen) atoms. The summed E-state index contributed by atoms with van der Waals surface area (Å²) in [5.41, 5.74) is 6.95. The van der Waals surface area contributed by atoms with Crippen LogP contribution in [0.15, 0.2) is 52.7 Å². The fraction of sp³-hybridized carbons (Fsp3) is 0.200. The number of benzene rings is 1. The minimum atomic E-state index is -3.82. The third-order valence-electron chi connectivity index (χ3n) is 4.87. The summed E-state index contributed by atoms with van der Waals surface area (Å²) < 4.78 is 29.0. The Morgan fingerprint density at radius 2 is 1.94 bits per heavy atom. The van der Waals surface area contributed by atoms with E-state index in [0.717, 1.165) is 26.7 Å². The van der Waals surface area contributed by atoms with Crippen molar-refractivity contribution in [3.63, 3.8) is 0 Å². The smallest absolute Gasteiger partial charge is 0.250 e. The molecule has 4 rings (SSSR count). The van der Waals surface area contributed by atoms with Crippen molar-refractivity contribution in [3.05, 3.63) is 64.0 Å². The van der Waals surface area contributed by atoms with Gasteiger partial charge in [-0.15, -0.1) is 22.7 Å². The third-order valence-corrected chi connectivity index (χ3v) is 9.34. The first-order valence-electron chi connectivity index (χ1n) is 9.33. The minimum absolute atomic E-state index is 0.0413. The first-order chi connectivity index (χ1) is 14.7. The van der Waals surface area contributed by atoms with Gasteiger partial charge in [-0.25, -0.2) is 8.42 Å². The lowest BCUT2D eigenvalue weighted by Crippen LogP contribution is -2.41. The molecule has 0 unspecified atom stereocenters. The van der Waals surface area contributed by atoms with Crippen LogP contribution in [-0.2, 0) is 21.4 Å². The molecular weight excluding hydrogens is 476 g/mol. The summed E-state index contributed by atoms with van der Waals surface area (Å²) >= 11 is 8.49. The monoisotopic (exact) mass is 494 g/mol. The topological polar surface area (TPSA) is 116 Å². The van der Waals surface area contributed by atoms with Crippen molar-refractivity contribution in [1.29, 1.82) is 5.41 Å². The number of amidine groups is 1. The second-order valence-electron chi connectivity index (χ2n) is 7.06. The normalized spacial score (nSPS) is 16.7. The highest BCUT2D eigenvalue weighted by Gasteiger charge is 2.35. The number of rotatable bonds is 7. The fourth-order valence-electron chi connectivity index (χ4n) is 3.35. The van der Waals surface area contributed by atoms with Crippen LogP contribution in [0.4, 0.5) is 0 Å². The molecule has 0 spiro atoms. The highest BCUT2D eigenvalue weighted by molar-refractivity contribution is 7.91. The van der Waals surface area contributed by atoms with Gasteiger partial charge in [-0.2, -0.15) is 4.72 Å². The van der Waals surface area contributed by atoms with Gasteiger partial charge < -0.3 is 10.6 Å². The standard InChI is InChI=1S/C20H19ClN4O3S3/c21-17-6-4-15(29-17)16-5-7-18(30-16)31(27,28)24-14-8-9-25(20(14)26)11-12-2-1-3-13(10-12)19(22)23/h1-7,10,14,24H,8-9,11H2,(H3,22,23)/t14-/m0/s1. The zero-order chi connectivity index (χ0) is 22.2. The zero-order valence-corrected chi connectivity index (χ0v) is 19.4. The molecule has 3 heterocycles. The van der Waals surface area contributed by atoms with Crippen molar-refractivity contribution >= 4 is 56.0 Å². The van der Waals surface area contributed by atoms with Crippen LogP contribution < -0.4 is 10.5 Å². The quantitative estimate of drug-likeness (QED) is 0.344. The number of carbonyl (C=O) groups excluding carboxylic acids is 1. The van der Waals surface area contributed by atoms with E-state index in [1.165, 1.54) is 11.3 Å². The maximum Gasteiger partial charge on any atom is 0.250 e. The molecule has 0 aliphatic carbocycles. The SMILES string of the molecule is N=C(N)c1cccc(CN2CC[C@H](NS(=O)(=O)c3ccc(-c4ccc(Cl)s4)s3)C2=O)c1. The first-order valence-corrected chi connectivity index (χ1v) is 12.8. The van der Waals surface area contributed by atoms with Crippen LogP contribution in [-0.4, -0.2) is 37.6 Å². The Morgan fingerprint density at radius 3 is 2.65 bits per heavy atom. The van der Waals surface area contributed by atoms with Gasteiger partial charge >= 0.3 is 0 Å². The van der Waals surface area contributed by atoms with Crippen molar-refractivity contribution in [3.8, 4) is 9.75 Å². The van der Waals surface area contributed by atoms with Crippen LogP contribution in [0.1, 0.15) is 17.5 Å². The lowest BCUT2D eigenvalue weighted by molar-refractivity contribution is -0.129. The van der Waals surface area contributed by atoms with Crippen LogP contribution in [0.3, 0.4) is 0 Å². The number of amides is 1. The van der Waals surface area contributed by atoms with Gasteiger partial charge in [0.1, 0.15) is 16.1 Å². The first kappa shape index (κ1) is 22.0. The molecule has 1 aromatic carbocycles. The van der Waals surface area contributed by atoms with E-state index >= 15 is 0 Å². The molecule has 1 atom stereocenters. The Bertz CT molecular complexity index is 1250. The molecule has 0 bridgehead atoms. The molecule has 0 saturated carbocycles. The number of nitrogen functional groups attached to an aromatic ring is 1. The predicted octanol–water partition coefficient (Wildman–Crippen LogP) is 3.49. The minimum Gasteiger partial charge on any atom is -0.384 e. The van der Waals surface area contributed by atoms with E-state index in [1.54, 1.807) is 41.3 Å². The number of carbonyl (C=O) groups is 1. The molecule has 1 saturated heterocycles. The lowest BCUT2D eigenvalue weighted by atomic mass is 10.1. The van der Waals surface area contributed by atoms with Gasteiger partial charge in [-0.1, -0.05) is 29.8 Å². The summed E-state index contributed by atoms with van der Waals surface area (Å²) in [7, 11) is -3.82. The molecule has 1 aliphatic heterocycles. The van der Waals surface area contributed by atoms with Crippen LogP contribution in [0.2, 0.25) is 4.34 Å². The predicted molar refractivity (Wildman–Crippen MR) is 124 cm³/mol. The molecule has 11 heteroatoms. The molecule has 0 radical (unpaired) electrons. The number of hydrogen-bond acceptors (Lipinski definition) is 6. The summed E-state index contributed by atoms with van der Waals surface area (Å²) in [6.45, 7) is 0.778. The van der Waals surface area contributed by atoms with Crippen molar-refractivity contribution in [1.82, 2.24) is 9.62 Å². The summed E-state index contributed by atoms with van der Waals surface area (Å²) in [5.74, 6) is -0.306. The van der Waals surface area contributed by atoms with E-state index in [-0.39, 0.29) is 16.0 Å². The second-order valence-corrected chi connectivity index (χ2v) is 11.8. The van der Waals surface area contributed by atoms with Crippen LogP contribution in [0, 0.1) is 5.41 Å². The largest absolute Gasteiger partial charge is 0.384 e. The van der Waals surface area contributed by atoms with Gasteiger partial charge in [0.25, 0.3) is 10.0 Å². The summed E-state index contributed by atoms with van der Waals surface area (Å²) in [6.07, 6.45) is 0.392. The number of halogens is 1. The number of nitrogens with zero attached hydrogens (tertiary/aromatic N) is 1. The van der Waals surface area contributed by atoms with E-state index < -0.39 is 16.1 Å². The molecule has 4 N–H and O–H groups in total. The third kappa shape index (κ3) is 4.83. The molecule has 7 nitrogen and oxygen atoms in total. The summed E-state index contributed by atoms with van der Waals surface area (Å²) in [4.78, 5) is 16.1. The Balaban J connectivity index is 1.44. The van der Waals surface area contributed by atoms with E-state index in [2.05, 4.69) is 4.72 Å². The molecule has 1 amide bonds. The van der Waals surface area contributed by atoms with Gasteiger partial charge in [-0.3, -0.25) is 10.2 Å². The number of hydrogen-bond donors (Lipinski definition) is 3. The molecule has 1 fully saturated rings. The fourth-order valence-corrected chi connectivity index (χ4v) is 7.03. The van der Waals surface area contributed by atoms with E-state index in [4.69, 9.17) is 22.7 Å². The Labute approximate surface area is 193 Å². The summed E-state index contributed by atoms with van der Waals surface area (Å²) in [5, 5.41) is 7.54. The van der Waals surface area contributed by atoms with Crippen LogP contribution in [0.5, 0.6) is 0 Å². The number of nitrogens with one attached hydrogen (secondary N) is 2. The van der Waals surface area contributed by atoms with Gasteiger partial charge in [0.05, 0.1) is 4.34 Å². The second kappa shape index (κ2) is 8.71. The van der Waals surface area contributed by atoms with E-state index in [9.17, 15) is 13.2 Å².